The van der Waals surface area contributed by atoms with Crippen molar-refractivity contribution < 1.29 is 14.4 Å². The summed E-state index contributed by atoms with van der Waals surface area (Å²) in [6.07, 6.45) is 2.58. The summed E-state index contributed by atoms with van der Waals surface area (Å²) in [5.41, 5.74) is 9.20. The van der Waals surface area contributed by atoms with Crippen molar-refractivity contribution in [2.75, 3.05) is 6.54 Å². The van der Waals surface area contributed by atoms with E-state index in [-0.39, 0.29) is 37.2 Å². The lowest BCUT2D eigenvalue weighted by Gasteiger charge is -2.36. The number of hydrogen-bond acceptors (Lipinski definition) is 4. The SMILES string of the molecule is C[C@@H]1CCN([C@H](Cc2cccc3ccccc23)C(N)=O)C(=O)[C@H](c2cccc(Cl)c2)N1C(=O)Cc1ccc2ncccc2c1. The second-order valence-corrected chi connectivity index (χ2v) is 11.8. The number of pyridine rings is 1. The Morgan fingerprint density at radius 3 is 2.55 bits per heavy atom. The number of carbonyl (C=O) groups excluding carboxylic acids is 3. The first-order chi connectivity index (χ1) is 21.3. The van der Waals surface area contributed by atoms with E-state index in [9.17, 15) is 14.4 Å². The monoisotopic (exact) mass is 604 g/mol. The van der Waals surface area contributed by atoms with E-state index in [1.807, 2.05) is 79.7 Å². The molecule has 3 amide bonds. The van der Waals surface area contributed by atoms with Crippen LogP contribution in [-0.4, -0.2) is 51.1 Å². The molecule has 1 aromatic heterocycles. The topological polar surface area (TPSA) is 96.6 Å². The summed E-state index contributed by atoms with van der Waals surface area (Å²) in [7, 11) is 0. The molecule has 1 aliphatic rings. The third kappa shape index (κ3) is 5.88. The maximum absolute atomic E-state index is 14.6. The van der Waals surface area contributed by atoms with Crippen molar-refractivity contribution >= 4 is 51.0 Å². The number of nitrogens with two attached hydrogens (primary N) is 1. The molecule has 0 spiro atoms. The third-order valence-electron chi connectivity index (χ3n) is 8.53. The van der Waals surface area contributed by atoms with E-state index >= 15 is 0 Å². The summed E-state index contributed by atoms with van der Waals surface area (Å²) in [4.78, 5) is 49.4. The maximum Gasteiger partial charge on any atom is 0.250 e. The van der Waals surface area contributed by atoms with Crippen molar-refractivity contribution in [3.8, 4) is 0 Å². The second kappa shape index (κ2) is 12.5. The molecule has 7 nitrogen and oxygen atoms in total. The van der Waals surface area contributed by atoms with Crippen LogP contribution in [0, 0.1) is 0 Å². The Hall–Kier alpha value is -4.75. The Labute approximate surface area is 261 Å². The summed E-state index contributed by atoms with van der Waals surface area (Å²) in [6, 6.07) is 28.3. The smallest absolute Gasteiger partial charge is 0.250 e. The van der Waals surface area contributed by atoms with Gasteiger partial charge in [-0.3, -0.25) is 19.4 Å². The number of aromatic nitrogens is 1. The van der Waals surface area contributed by atoms with Crippen molar-refractivity contribution in [2.24, 2.45) is 5.73 Å². The Balaban J connectivity index is 1.37. The highest BCUT2D eigenvalue weighted by Gasteiger charge is 2.43. The number of carbonyl (C=O) groups is 3. The zero-order chi connectivity index (χ0) is 30.8. The molecule has 3 atom stereocenters. The van der Waals surface area contributed by atoms with Gasteiger partial charge >= 0.3 is 0 Å². The maximum atomic E-state index is 14.6. The Morgan fingerprint density at radius 1 is 0.955 bits per heavy atom. The normalized spacial score (nSPS) is 17.9. The molecular formula is C36H33ClN4O3. The molecule has 6 rings (SSSR count). The fraction of sp³-hybridized carbons (Fsp3) is 0.222. The highest BCUT2D eigenvalue weighted by molar-refractivity contribution is 6.30. The molecule has 222 valence electrons. The first-order valence-electron chi connectivity index (χ1n) is 14.8. The summed E-state index contributed by atoms with van der Waals surface area (Å²) in [6.45, 7) is 2.22. The number of primary amides is 1. The Kier molecular flexibility index (Phi) is 8.31. The molecule has 0 aliphatic carbocycles. The van der Waals surface area contributed by atoms with Gasteiger partial charge in [-0.2, -0.15) is 0 Å². The van der Waals surface area contributed by atoms with E-state index in [0.29, 0.717) is 17.0 Å². The molecule has 0 saturated carbocycles. The van der Waals surface area contributed by atoms with Crippen LogP contribution >= 0.6 is 11.6 Å². The highest BCUT2D eigenvalue weighted by Crippen LogP contribution is 2.34. The number of halogens is 1. The molecule has 8 heteroatoms. The quantitative estimate of drug-likeness (QED) is 0.251. The molecule has 5 aromatic rings. The fourth-order valence-corrected chi connectivity index (χ4v) is 6.53. The van der Waals surface area contributed by atoms with Gasteiger partial charge in [-0.15, -0.1) is 0 Å². The molecule has 1 fully saturated rings. The standard InChI is InChI=1S/C36H33ClN4O3/c1-23-16-18-40(32(35(38)43)22-26-9-4-8-25-7-2-3-13-30(25)26)36(44)34(28-10-5-12-29(37)21-28)41(23)33(42)20-24-14-15-31-27(19-24)11-6-17-39-31/h2-15,17,19,21,23,32,34H,16,18,20,22H2,1H3,(H2,38,43)/t23-,32-,34+/m1/s1. The minimum Gasteiger partial charge on any atom is -0.368 e. The van der Waals surface area contributed by atoms with Crippen LogP contribution in [0.2, 0.25) is 5.02 Å². The largest absolute Gasteiger partial charge is 0.368 e. The number of benzene rings is 4. The van der Waals surface area contributed by atoms with Gasteiger partial charge in [0.1, 0.15) is 12.1 Å². The Morgan fingerprint density at radius 2 is 1.73 bits per heavy atom. The predicted octanol–water partition coefficient (Wildman–Crippen LogP) is 5.87. The minimum atomic E-state index is -0.977. The lowest BCUT2D eigenvalue weighted by Crippen LogP contribution is -2.52. The molecule has 1 saturated heterocycles. The van der Waals surface area contributed by atoms with Crippen molar-refractivity contribution in [1.29, 1.82) is 0 Å². The van der Waals surface area contributed by atoms with Gasteiger partial charge in [-0.05, 0) is 71.1 Å². The van der Waals surface area contributed by atoms with Gasteiger partial charge in [0.15, 0.2) is 0 Å². The predicted molar refractivity (Wildman–Crippen MR) is 173 cm³/mol. The first-order valence-corrected chi connectivity index (χ1v) is 15.1. The van der Waals surface area contributed by atoms with Crippen LogP contribution in [0.1, 0.15) is 36.1 Å². The lowest BCUT2D eigenvalue weighted by molar-refractivity contribution is -0.148. The molecular weight excluding hydrogens is 572 g/mol. The number of fused-ring (bicyclic) bond motifs is 2. The van der Waals surface area contributed by atoms with E-state index in [0.717, 1.165) is 32.8 Å². The summed E-state index contributed by atoms with van der Waals surface area (Å²) >= 11 is 6.41. The molecule has 0 radical (unpaired) electrons. The van der Waals surface area contributed by atoms with Crippen LogP contribution in [0.4, 0.5) is 0 Å². The van der Waals surface area contributed by atoms with Gasteiger partial charge in [-0.25, -0.2) is 0 Å². The average molecular weight is 605 g/mol. The van der Waals surface area contributed by atoms with Crippen molar-refractivity contribution in [3.05, 3.63) is 125 Å². The van der Waals surface area contributed by atoms with Crippen LogP contribution in [0.3, 0.4) is 0 Å². The first kappa shape index (κ1) is 29.3. The minimum absolute atomic E-state index is 0.106. The van der Waals surface area contributed by atoms with Crippen LogP contribution in [0.15, 0.2) is 103 Å². The van der Waals surface area contributed by atoms with Gasteiger partial charge in [-0.1, -0.05) is 78.3 Å². The van der Waals surface area contributed by atoms with E-state index in [2.05, 4.69) is 4.98 Å². The van der Waals surface area contributed by atoms with E-state index in [1.165, 1.54) is 0 Å². The Bertz CT molecular complexity index is 1870. The lowest BCUT2D eigenvalue weighted by atomic mass is 9.96. The van der Waals surface area contributed by atoms with Crippen molar-refractivity contribution in [3.63, 3.8) is 0 Å². The van der Waals surface area contributed by atoms with Crippen LogP contribution in [0.25, 0.3) is 21.7 Å². The number of hydrogen-bond donors (Lipinski definition) is 1. The van der Waals surface area contributed by atoms with Gasteiger partial charge < -0.3 is 15.5 Å². The number of amides is 3. The van der Waals surface area contributed by atoms with E-state index in [4.69, 9.17) is 17.3 Å². The van der Waals surface area contributed by atoms with Gasteiger partial charge in [0, 0.05) is 35.6 Å². The molecule has 44 heavy (non-hydrogen) atoms. The van der Waals surface area contributed by atoms with Gasteiger partial charge in [0.2, 0.25) is 11.8 Å². The van der Waals surface area contributed by atoms with Crippen molar-refractivity contribution in [1.82, 2.24) is 14.8 Å². The van der Waals surface area contributed by atoms with E-state index in [1.54, 1.807) is 40.3 Å². The van der Waals surface area contributed by atoms with Crippen molar-refractivity contribution in [2.45, 2.75) is 44.3 Å². The summed E-state index contributed by atoms with van der Waals surface area (Å²) in [5, 5.41) is 3.44. The molecule has 4 aromatic carbocycles. The van der Waals surface area contributed by atoms with Crippen LogP contribution < -0.4 is 5.73 Å². The summed E-state index contributed by atoms with van der Waals surface area (Å²) < 4.78 is 0. The fourth-order valence-electron chi connectivity index (χ4n) is 6.33. The van der Waals surface area contributed by atoms with Gasteiger partial charge in [0.05, 0.1) is 11.9 Å². The third-order valence-corrected chi connectivity index (χ3v) is 8.77. The number of nitrogens with zero attached hydrogens (tertiary/aromatic N) is 3. The van der Waals surface area contributed by atoms with Crippen LogP contribution in [-0.2, 0) is 27.2 Å². The molecule has 0 bridgehead atoms. The zero-order valence-corrected chi connectivity index (χ0v) is 25.2. The molecule has 0 unspecified atom stereocenters. The zero-order valence-electron chi connectivity index (χ0n) is 24.4. The molecule has 1 aliphatic heterocycles. The van der Waals surface area contributed by atoms with Gasteiger partial charge in [0.25, 0.3) is 5.91 Å². The summed E-state index contributed by atoms with van der Waals surface area (Å²) in [5.74, 6) is -1.13. The highest BCUT2D eigenvalue weighted by atomic mass is 35.5. The second-order valence-electron chi connectivity index (χ2n) is 11.4. The van der Waals surface area contributed by atoms with Crippen LogP contribution in [0.5, 0.6) is 0 Å². The number of rotatable bonds is 7. The van der Waals surface area contributed by atoms with E-state index < -0.39 is 18.0 Å². The average Bonchev–Trinajstić information content (AvgIpc) is 3.15. The molecule has 2 heterocycles. The molecule has 2 N–H and O–H groups in total.